The number of esters is 8. The number of methoxy groups -OCH3 is 2. The lowest BCUT2D eigenvalue weighted by atomic mass is 9.34. The highest BCUT2D eigenvalue weighted by Crippen LogP contribution is 2.78. The SMILES string of the molecule is COC(=O)[C@]12CC[C@@H](C)C(C)=C1C1=CC[C@@H]3[C@@]4(C)C[C@@H](OC(C)=O)[C@H](OC(C)=O)[C@@](C)(COC(C)=O)[C@@H]4CC[C@@]3(C)[C@]1(C)CC2.COC(=O)[C@]12CC[C@@H](C)C(C)=C1C1=CC[C@@H]3[C@@]4(C)C[C@@H](OC(C)=O)[C@H](OC(C)=O)[C@@](C)(COC(C)=O)[C@@H]4CC[C@@]3(C)[C@]1(C)CC2. The Balaban J connectivity index is 0.000000213. The lowest BCUT2D eigenvalue weighted by molar-refractivity contribution is -0.254. The van der Waals surface area contributed by atoms with Crippen molar-refractivity contribution in [3.8, 4) is 0 Å². The maximum absolute atomic E-state index is 13.6. The van der Waals surface area contributed by atoms with Crippen LogP contribution in [0.4, 0.5) is 0 Å². The van der Waals surface area contributed by atoms with Gasteiger partial charge in [-0.1, -0.05) is 92.5 Å². The van der Waals surface area contributed by atoms with Crippen molar-refractivity contribution in [2.75, 3.05) is 27.4 Å². The van der Waals surface area contributed by atoms with Crippen molar-refractivity contribution in [2.45, 2.75) is 252 Å². The summed E-state index contributed by atoms with van der Waals surface area (Å²) in [4.78, 5) is 101. The molecule has 10 rings (SSSR count). The molecule has 16 nitrogen and oxygen atoms in total. The standard InChI is InChI=1S/2C37H54O8/c2*1-21-13-16-37(32(41)42-10)18-17-35(8)26(30(37)22(21)2)11-12-29-33(6)19-27(44-24(4)39)31(45-25(5)40)34(7,20-43-23(3)38)28(33)14-15-36(29,35)9/h2*11,21,27-29,31H,12-20H2,1-10H3/t2*21-,27-,28-,29-,31+,33+,34+,35-,36-,37+/m11/s1. The van der Waals surface area contributed by atoms with Crippen LogP contribution in [0.1, 0.15) is 227 Å². The van der Waals surface area contributed by atoms with Crippen molar-refractivity contribution in [3.05, 3.63) is 45.6 Å². The average Bonchev–Trinajstić information content (AvgIpc) is 0.680. The Kier molecular flexibility index (Phi) is 18.4. The lowest BCUT2D eigenvalue weighted by Crippen LogP contribution is -2.68. The number of hydrogen-bond donors (Lipinski definition) is 0. The van der Waals surface area contributed by atoms with E-state index in [1.807, 2.05) is 13.8 Å². The van der Waals surface area contributed by atoms with Crippen LogP contribution in [0.2, 0.25) is 0 Å². The van der Waals surface area contributed by atoms with Crippen LogP contribution in [0, 0.1) is 89.7 Å². The van der Waals surface area contributed by atoms with E-state index in [0.29, 0.717) is 24.7 Å². The average molecular weight is 1250 g/mol. The summed E-state index contributed by atoms with van der Waals surface area (Å²) in [7, 11) is 3.03. The molecule has 6 fully saturated rings. The third kappa shape index (κ3) is 10.4. The molecular weight excluding hydrogens is 1140 g/mol. The molecule has 20 atom stereocenters. The van der Waals surface area contributed by atoms with E-state index < -0.39 is 81.9 Å². The zero-order valence-electron chi connectivity index (χ0n) is 58.2. The third-order valence-electron chi connectivity index (χ3n) is 27.7. The fourth-order valence-corrected chi connectivity index (χ4v) is 22.9. The van der Waals surface area contributed by atoms with Gasteiger partial charge in [0, 0.05) is 52.4 Å². The van der Waals surface area contributed by atoms with Crippen molar-refractivity contribution in [2.24, 2.45) is 89.7 Å². The smallest absolute Gasteiger partial charge is 0.316 e. The number of carbonyl (C=O) groups is 8. The van der Waals surface area contributed by atoms with Gasteiger partial charge >= 0.3 is 47.8 Å². The zero-order chi connectivity index (χ0) is 66.7. The molecule has 6 saturated carbocycles. The van der Waals surface area contributed by atoms with Crippen LogP contribution in [0.15, 0.2) is 45.6 Å². The van der Waals surface area contributed by atoms with Crippen molar-refractivity contribution in [1.29, 1.82) is 0 Å². The minimum Gasteiger partial charge on any atom is -0.468 e. The first-order valence-corrected chi connectivity index (χ1v) is 33.8. The first-order chi connectivity index (χ1) is 41.8. The van der Waals surface area contributed by atoms with Crippen molar-refractivity contribution >= 4 is 47.8 Å². The van der Waals surface area contributed by atoms with Gasteiger partial charge in [-0.15, -0.1) is 0 Å². The molecule has 0 aromatic carbocycles. The summed E-state index contributed by atoms with van der Waals surface area (Å²) in [5.74, 6) is -1.41. The van der Waals surface area contributed by atoms with Crippen LogP contribution in [-0.2, 0) is 76.3 Å². The van der Waals surface area contributed by atoms with Gasteiger partial charge in [0.2, 0.25) is 0 Å². The quantitative estimate of drug-likeness (QED) is 0.147. The molecular formula is C74H108O16. The Morgan fingerprint density at radius 2 is 0.767 bits per heavy atom. The number of allylic oxidation sites excluding steroid dienone is 6. The van der Waals surface area contributed by atoms with Gasteiger partial charge in [0.15, 0.2) is 0 Å². The summed E-state index contributed by atoms with van der Waals surface area (Å²) in [6.07, 6.45) is 15.3. The predicted octanol–water partition coefficient (Wildman–Crippen LogP) is 13.8. The second-order valence-electron chi connectivity index (χ2n) is 32.0. The maximum atomic E-state index is 13.6. The van der Waals surface area contributed by atoms with Gasteiger partial charge in [0.05, 0.1) is 25.0 Å². The van der Waals surface area contributed by atoms with Crippen molar-refractivity contribution < 1.29 is 76.3 Å². The fourth-order valence-electron chi connectivity index (χ4n) is 22.9. The fraction of sp³-hybridized carbons (Fsp3) is 0.784. The number of hydrogen-bond acceptors (Lipinski definition) is 16. The molecule has 10 aliphatic carbocycles. The van der Waals surface area contributed by atoms with Gasteiger partial charge < -0.3 is 37.9 Å². The largest absolute Gasteiger partial charge is 0.468 e. The molecule has 0 saturated heterocycles. The molecule has 0 bridgehead atoms. The number of rotatable bonds is 10. The van der Waals surface area contributed by atoms with E-state index in [1.165, 1.54) is 89.2 Å². The Morgan fingerprint density at radius 1 is 0.433 bits per heavy atom. The van der Waals surface area contributed by atoms with Crippen LogP contribution < -0.4 is 0 Å². The summed E-state index contributed by atoms with van der Waals surface area (Å²) in [5, 5.41) is 0. The second kappa shape index (κ2) is 23.9. The molecule has 90 heavy (non-hydrogen) atoms. The second-order valence-corrected chi connectivity index (χ2v) is 32.0. The van der Waals surface area contributed by atoms with Crippen LogP contribution in [0.25, 0.3) is 0 Å². The van der Waals surface area contributed by atoms with Crippen LogP contribution >= 0.6 is 0 Å². The number of carbonyl (C=O) groups excluding carboxylic acids is 8. The van der Waals surface area contributed by atoms with Crippen molar-refractivity contribution in [3.63, 3.8) is 0 Å². The van der Waals surface area contributed by atoms with Gasteiger partial charge in [-0.05, 0) is 207 Å². The molecule has 0 unspecified atom stereocenters. The summed E-state index contributed by atoms with van der Waals surface area (Å²) in [6.45, 7) is 35.9. The number of ether oxygens (including phenoxy) is 8. The van der Waals surface area contributed by atoms with E-state index >= 15 is 0 Å². The Morgan fingerprint density at radius 3 is 1.07 bits per heavy atom. The van der Waals surface area contributed by atoms with Crippen LogP contribution in [0.5, 0.6) is 0 Å². The van der Waals surface area contributed by atoms with Gasteiger partial charge in [-0.3, -0.25) is 38.4 Å². The highest BCUT2D eigenvalue weighted by molar-refractivity contribution is 5.85. The molecule has 0 aromatic heterocycles. The molecule has 10 aliphatic rings. The van der Waals surface area contributed by atoms with E-state index in [-0.39, 0.29) is 81.3 Å². The summed E-state index contributed by atoms with van der Waals surface area (Å²) in [5.41, 5.74) is 3.83. The molecule has 0 heterocycles. The van der Waals surface area contributed by atoms with Crippen LogP contribution in [0.3, 0.4) is 0 Å². The third-order valence-corrected chi connectivity index (χ3v) is 27.7. The number of fused-ring (bicyclic) bond motifs is 14. The van der Waals surface area contributed by atoms with Gasteiger partial charge in [-0.25, -0.2) is 0 Å². The summed E-state index contributed by atoms with van der Waals surface area (Å²) < 4.78 is 46.3. The van der Waals surface area contributed by atoms with Gasteiger partial charge in [0.1, 0.15) is 37.6 Å². The summed E-state index contributed by atoms with van der Waals surface area (Å²) in [6, 6.07) is 0. The zero-order valence-corrected chi connectivity index (χ0v) is 58.2. The van der Waals surface area contributed by atoms with Crippen LogP contribution in [-0.4, -0.2) is 99.6 Å². The maximum Gasteiger partial charge on any atom is 0.316 e. The van der Waals surface area contributed by atoms with Crippen molar-refractivity contribution in [1.82, 2.24) is 0 Å². The van der Waals surface area contributed by atoms with Gasteiger partial charge in [0.25, 0.3) is 0 Å². The normalized spacial score (nSPS) is 43.8. The molecule has 0 radical (unpaired) electrons. The highest BCUT2D eigenvalue weighted by atomic mass is 16.6. The van der Waals surface area contributed by atoms with E-state index in [9.17, 15) is 38.4 Å². The lowest BCUT2D eigenvalue weighted by Gasteiger charge is -2.71. The summed E-state index contributed by atoms with van der Waals surface area (Å²) >= 11 is 0. The molecule has 16 heteroatoms. The van der Waals surface area contributed by atoms with E-state index in [4.69, 9.17) is 37.9 Å². The highest BCUT2D eigenvalue weighted by Gasteiger charge is 2.74. The Hall–Kier alpha value is -5.28. The Labute approximate surface area is 536 Å². The van der Waals surface area contributed by atoms with E-state index in [0.717, 1.165) is 89.9 Å². The van der Waals surface area contributed by atoms with E-state index in [1.54, 1.807) is 0 Å². The molecule has 500 valence electrons. The monoisotopic (exact) mass is 1250 g/mol. The molecule has 0 spiro atoms. The predicted molar refractivity (Wildman–Crippen MR) is 337 cm³/mol. The van der Waals surface area contributed by atoms with E-state index in [2.05, 4.69) is 81.4 Å². The Bertz CT molecular complexity index is 2890. The molecule has 0 amide bonds. The minimum absolute atomic E-state index is 0.0468. The minimum atomic E-state index is -0.763. The topological polar surface area (TPSA) is 210 Å². The first-order valence-electron chi connectivity index (χ1n) is 33.8. The molecule has 0 aromatic rings. The molecule has 0 aliphatic heterocycles. The molecule has 0 N–H and O–H groups in total. The first kappa shape index (κ1) is 69.1. The van der Waals surface area contributed by atoms with Gasteiger partial charge in [-0.2, -0.15) is 0 Å².